The lowest BCUT2D eigenvalue weighted by molar-refractivity contribution is 0.837. The number of aliphatic imine (C=N–C) groups is 1. The van der Waals surface area contributed by atoms with Crippen molar-refractivity contribution in [1.82, 2.24) is 15.6 Å². The number of benzene rings is 1. The largest absolute Gasteiger partial charge is 0.357 e. The summed E-state index contributed by atoms with van der Waals surface area (Å²) in [7, 11) is 0. The van der Waals surface area contributed by atoms with Gasteiger partial charge >= 0.3 is 0 Å². The summed E-state index contributed by atoms with van der Waals surface area (Å²) in [5.41, 5.74) is 1.04. The molecule has 0 unspecified atom stereocenters. The van der Waals surface area contributed by atoms with Crippen molar-refractivity contribution in [3.63, 3.8) is 0 Å². The molecule has 0 bridgehead atoms. The quantitative estimate of drug-likeness (QED) is 0.331. The molecule has 2 aromatic rings. The van der Waals surface area contributed by atoms with E-state index in [-0.39, 0.29) is 0 Å². The molecule has 0 fully saturated rings. The van der Waals surface area contributed by atoms with Gasteiger partial charge in [-0.05, 0) is 25.5 Å². The fraction of sp³-hybridized carbons (Fsp3) is 0.412. The van der Waals surface area contributed by atoms with Crippen LogP contribution in [-0.2, 0) is 13.0 Å². The number of aromatic nitrogens is 1. The van der Waals surface area contributed by atoms with Gasteiger partial charge in [0.25, 0.3) is 0 Å². The van der Waals surface area contributed by atoms with Crippen molar-refractivity contribution < 1.29 is 0 Å². The highest BCUT2D eigenvalue weighted by molar-refractivity contribution is 7.99. The summed E-state index contributed by atoms with van der Waals surface area (Å²) in [6.45, 7) is 6.56. The molecule has 1 aromatic carbocycles. The molecule has 0 amide bonds. The Labute approximate surface area is 146 Å². The van der Waals surface area contributed by atoms with Gasteiger partial charge in [0.15, 0.2) is 5.96 Å². The Bertz CT molecular complexity index is 596. The van der Waals surface area contributed by atoms with Crippen LogP contribution >= 0.6 is 23.1 Å². The van der Waals surface area contributed by atoms with Gasteiger partial charge in [-0.15, -0.1) is 23.1 Å². The van der Waals surface area contributed by atoms with Crippen molar-refractivity contribution in [2.24, 2.45) is 4.99 Å². The van der Waals surface area contributed by atoms with Crippen LogP contribution in [0.5, 0.6) is 0 Å². The summed E-state index contributed by atoms with van der Waals surface area (Å²) in [4.78, 5) is 10.5. The molecule has 0 aliphatic carbocycles. The molecular formula is C17H24N4S2. The van der Waals surface area contributed by atoms with Gasteiger partial charge in [0.1, 0.15) is 0 Å². The minimum atomic E-state index is 0.623. The molecule has 2 rings (SSSR count). The van der Waals surface area contributed by atoms with Gasteiger partial charge in [0.2, 0.25) is 0 Å². The molecule has 0 aliphatic heterocycles. The number of nitrogens with zero attached hydrogens (tertiary/aromatic N) is 2. The molecule has 2 N–H and O–H groups in total. The van der Waals surface area contributed by atoms with Crippen LogP contribution in [0.2, 0.25) is 0 Å². The average Bonchev–Trinajstić information content (AvgIpc) is 3.05. The number of hydrogen-bond acceptors (Lipinski definition) is 4. The Kier molecular flexibility index (Phi) is 7.97. The van der Waals surface area contributed by atoms with Gasteiger partial charge in [0, 0.05) is 29.1 Å². The van der Waals surface area contributed by atoms with Gasteiger partial charge in [-0.2, -0.15) is 0 Å². The predicted octanol–water partition coefficient (Wildman–Crippen LogP) is 3.55. The van der Waals surface area contributed by atoms with E-state index in [2.05, 4.69) is 64.1 Å². The molecule has 1 heterocycles. The number of thiazole rings is 1. The summed E-state index contributed by atoms with van der Waals surface area (Å²) in [6.07, 6.45) is 0.989. The van der Waals surface area contributed by atoms with Crippen LogP contribution in [0.25, 0.3) is 0 Å². The monoisotopic (exact) mass is 348 g/mol. The third-order valence-corrected chi connectivity index (χ3v) is 5.11. The fourth-order valence-corrected chi connectivity index (χ4v) is 3.47. The Balaban J connectivity index is 1.77. The first-order chi connectivity index (χ1) is 11.3. The first-order valence-electron chi connectivity index (χ1n) is 7.95. The van der Waals surface area contributed by atoms with Crippen LogP contribution in [-0.4, -0.2) is 29.8 Å². The molecular weight excluding hydrogens is 324 g/mol. The van der Waals surface area contributed by atoms with E-state index in [9.17, 15) is 0 Å². The van der Waals surface area contributed by atoms with Gasteiger partial charge in [-0.3, -0.25) is 0 Å². The van der Waals surface area contributed by atoms with Crippen LogP contribution in [0.1, 0.15) is 24.5 Å². The van der Waals surface area contributed by atoms with E-state index in [0.29, 0.717) is 6.54 Å². The maximum atomic E-state index is 4.61. The highest BCUT2D eigenvalue weighted by Gasteiger charge is 2.01. The van der Waals surface area contributed by atoms with E-state index in [4.69, 9.17) is 0 Å². The molecule has 0 saturated carbocycles. The lowest BCUT2D eigenvalue weighted by Crippen LogP contribution is -2.38. The molecule has 0 spiro atoms. The fourth-order valence-electron chi connectivity index (χ4n) is 1.94. The maximum Gasteiger partial charge on any atom is 0.191 e. The summed E-state index contributed by atoms with van der Waals surface area (Å²) in [5.74, 6) is 1.86. The Morgan fingerprint density at radius 3 is 2.74 bits per heavy atom. The lowest BCUT2D eigenvalue weighted by Gasteiger charge is -2.10. The Morgan fingerprint density at radius 1 is 1.22 bits per heavy atom. The molecule has 0 atom stereocenters. The van der Waals surface area contributed by atoms with E-state index < -0.39 is 0 Å². The van der Waals surface area contributed by atoms with E-state index in [1.807, 2.05) is 17.8 Å². The zero-order chi connectivity index (χ0) is 16.3. The number of hydrogen-bond donors (Lipinski definition) is 2. The third kappa shape index (κ3) is 6.62. The van der Waals surface area contributed by atoms with Crippen molar-refractivity contribution in [2.75, 3.05) is 18.8 Å². The highest BCUT2D eigenvalue weighted by atomic mass is 32.2. The second-order valence-corrected chi connectivity index (χ2v) is 6.98. The van der Waals surface area contributed by atoms with E-state index in [0.717, 1.165) is 36.9 Å². The molecule has 0 aliphatic rings. The van der Waals surface area contributed by atoms with Crippen molar-refractivity contribution in [3.8, 4) is 0 Å². The Morgan fingerprint density at radius 2 is 2.04 bits per heavy atom. The first-order valence-corrected chi connectivity index (χ1v) is 9.81. The molecule has 23 heavy (non-hydrogen) atoms. The zero-order valence-electron chi connectivity index (χ0n) is 13.7. The van der Waals surface area contributed by atoms with Gasteiger partial charge < -0.3 is 10.6 Å². The standard InChI is InChI=1S/C17H24N4S2/c1-3-16-21-14(13-23-16)12-20-17(18-4-2)19-10-11-22-15-8-6-5-7-9-15/h5-9,13H,3-4,10-12H2,1-2H3,(H2,18,19,20). The van der Waals surface area contributed by atoms with E-state index in [1.54, 1.807) is 11.3 Å². The maximum absolute atomic E-state index is 4.61. The topological polar surface area (TPSA) is 49.3 Å². The highest BCUT2D eigenvalue weighted by Crippen LogP contribution is 2.15. The molecule has 4 nitrogen and oxygen atoms in total. The normalized spacial score (nSPS) is 11.5. The summed E-state index contributed by atoms with van der Waals surface area (Å²) in [6, 6.07) is 10.5. The van der Waals surface area contributed by atoms with Crippen molar-refractivity contribution in [1.29, 1.82) is 0 Å². The number of thioether (sulfide) groups is 1. The molecule has 0 saturated heterocycles. The molecule has 6 heteroatoms. The van der Waals surface area contributed by atoms with Gasteiger partial charge in [-0.25, -0.2) is 9.98 Å². The number of aryl methyl sites for hydroxylation is 1. The summed E-state index contributed by atoms with van der Waals surface area (Å²) >= 11 is 3.55. The first kappa shape index (κ1) is 17.8. The van der Waals surface area contributed by atoms with Crippen molar-refractivity contribution >= 4 is 29.1 Å². The number of nitrogens with one attached hydrogen (secondary N) is 2. The van der Waals surface area contributed by atoms with Gasteiger partial charge in [0.05, 0.1) is 17.2 Å². The second kappa shape index (κ2) is 10.3. The number of rotatable bonds is 8. The van der Waals surface area contributed by atoms with Crippen LogP contribution in [0, 0.1) is 0 Å². The molecule has 0 radical (unpaired) electrons. The van der Waals surface area contributed by atoms with E-state index in [1.165, 1.54) is 9.90 Å². The van der Waals surface area contributed by atoms with E-state index >= 15 is 0 Å². The van der Waals surface area contributed by atoms with Crippen LogP contribution in [0.4, 0.5) is 0 Å². The zero-order valence-corrected chi connectivity index (χ0v) is 15.3. The third-order valence-electron chi connectivity index (χ3n) is 3.05. The smallest absolute Gasteiger partial charge is 0.191 e. The van der Waals surface area contributed by atoms with Crippen LogP contribution in [0.3, 0.4) is 0 Å². The Hall–Kier alpha value is -1.53. The molecule has 1 aromatic heterocycles. The predicted molar refractivity (Wildman–Crippen MR) is 101 cm³/mol. The second-order valence-electron chi connectivity index (χ2n) is 4.87. The van der Waals surface area contributed by atoms with Crippen LogP contribution < -0.4 is 10.6 Å². The number of guanidine groups is 1. The lowest BCUT2D eigenvalue weighted by atomic mass is 10.4. The minimum Gasteiger partial charge on any atom is -0.357 e. The van der Waals surface area contributed by atoms with Gasteiger partial charge in [-0.1, -0.05) is 25.1 Å². The average molecular weight is 349 g/mol. The van der Waals surface area contributed by atoms with Crippen molar-refractivity contribution in [3.05, 3.63) is 46.4 Å². The summed E-state index contributed by atoms with van der Waals surface area (Å²) in [5, 5.41) is 9.92. The van der Waals surface area contributed by atoms with Crippen LogP contribution in [0.15, 0.2) is 45.6 Å². The minimum absolute atomic E-state index is 0.623. The SMILES string of the molecule is CCNC(=NCc1csc(CC)n1)NCCSc1ccccc1. The van der Waals surface area contributed by atoms with Crippen molar-refractivity contribution in [2.45, 2.75) is 31.7 Å². The molecule has 124 valence electrons. The summed E-state index contributed by atoms with van der Waals surface area (Å²) < 4.78 is 0.